The Balaban J connectivity index is 2.52. The zero-order valence-corrected chi connectivity index (χ0v) is 9.63. The maximum atomic E-state index is 10.0. The Kier molecular flexibility index (Phi) is 5.05. The lowest BCUT2D eigenvalue weighted by molar-refractivity contribution is 0.116. The Morgan fingerprint density at radius 3 is 2.50 bits per heavy atom. The number of aliphatic hydroxyl groups excluding tert-OH is 1. The van der Waals surface area contributed by atoms with E-state index < -0.39 is 0 Å². The fourth-order valence-corrected chi connectivity index (χ4v) is 2.05. The van der Waals surface area contributed by atoms with Gasteiger partial charge in [0, 0.05) is 0 Å². The van der Waals surface area contributed by atoms with Crippen molar-refractivity contribution in [1.29, 1.82) is 0 Å². The third-order valence-electron chi connectivity index (χ3n) is 2.46. The summed E-state index contributed by atoms with van der Waals surface area (Å²) >= 11 is 1.83. The highest BCUT2D eigenvalue weighted by Crippen LogP contribution is 2.24. The molecule has 0 radical (unpaired) electrons. The third kappa shape index (κ3) is 3.35. The van der Waals surface area contributed by atoms with Crippen molar-refractivity contribution in [3.63, 3.8) is 0 Å². The van der Waals surface area contributed by atoms with Gasteiger partial charge in [-0.25, -0.2) is 0 Å². The molecule has 2 atom stereocenters. The first-order valence-electron chi connectivity index (χ1n) is 4.97. The van der Waals surface area contributed by atoms with Crippen LogP contribution in [0, 0.1) is 5.92 Å². The maximum absolute atomic E-state index is 10.0. The largest absolute Gasteiger partial charge is 0.388 e. The quantitative estimate of drug-likeness (QED) is 0.806. The van der Waals surface area contributed by atoms with Crippen molar-refractivity contribution >= 4 is 11.8 Å². The van der Waals surface area contributed by atoms with Crippen molar-refractivity contribution in [1.82, 2.24) is 0 Å². The summed E-state index contributed by atoms with van der Waals surface area (Å²) in [5.41, 5.74) is 1.03. The van der Waals surface area contributed by atoms with Crippen LogP contribution < -0.4 is 0 Å². The van der Waals surface area contributed by atoms with Crippen LogP contribution in [0.25, 0.3) is 0 Å². The van der Waals surface area contributed by atoms with Crippen LogP contribution in [-0.4, -0.2) is 17.1 Å². The molecule has 2 heteroatoms. The average Bonchev–Trinajstić information content (AvgIpc) is 2.26. The van der Waals surface area contributed by atoms with E-state index in [2.05, 4.69) is 13.2 Å². The Bertz CT molecular complexity index is 248. The highest BCUT2D eigenvalue weighted by Gasteiger charge is 2.14. The molecule has 0 aliphatic rings. The van der Waals surface area contributed by atoms with E-state index in [4.69, 9.17) is 0 Å². The van der Waals surface area contributed by atoms with Crippen LogP contribution in [-0.2, 0) is 0 Å². The molecule has 0 amide bonds. The predicted octanol–water partition coefficient (Wildman–Crippen LogP) is 3.11. The molecule has 0 aliphatic carbocycles. The summed E-state index contributed by atoms with van der Waals surface area (Å²) in [7, 11) is 0. The molecule has 2 unspecified atom stereocenters. The molecule has 0 aliphatic heterocycles. The van der Waals surface area contributed by atoms with Gasteiger partial charge >= 0.3 is 0 Å². The molecular weight excluding hydrogens is 192 g/mol. The van der Waals surface area contributed by atoms with E-state index in [1.54, 1.807) is 0 Å². The molecule has 0 spiro atoms. The Labute approximate surface area is 90.5 Å². The highest BCUT2D eigenvalue weighted by molar-refractivity contribution is 7.98. The van der Waals surface area contributed by atoms with Gasteiger partial charge in [-0.15, -0.1) is 0 Å². The topological polar surface area (TPSA) is 20.2 Å². The second kappa shape index (κ2) is 6.10. The number of thioether (sulfide) groups is 1. The lowest BCUT2D eigenvalue weighted by atomic mass is 9.95. The standard InChI is InChI=1S/C12H18OS/c1-10(8-9-14-2)12(13)11-6-4-3-5-7-11/h3-7,10,12-13H,8-9H2,1-2H3. The normalized spacial score (nSPS) is 15.1. The molecule has 1 N–H and O–H groups in total. The van der Waals surface area contributed by atoms with E-state index in [0.717, 1.165) is 17.7 Å². The minimum absolute atomic E-state index is 0.316. The van der Waals surface area contributed by atoms with Gasteiger partial charge in [-0.3, -0.25) is 0 Å². The van der Waals surface area contributed by atoms with E-state index in [0.29, 0.717) is 5.92 Å². The van der Waals surface area contributed by atoms with Crippen molar-refractivity contribution in [3.05, 3.63) is 35.9 Å². The van der Waals surface area contributed by atoms with E-state index in [9.17, 15) is 5.11 Å². The average molecular weight is 210 g/mol. The molecule has 0 fully saturated rings. The molecule has 1 aromatic carbocycles. The Morgan fingerprint density at radius 1 is 1.29 bits per heavy atom. The molecular formula is C12H18OS. The highest BCUT2D eigenvalue weighted by atomic mass is 32.2. The van der Waals surface area contributed by atoms with Gasteiger partial charge in [-0.1, -0.05) is 37.3 Å². The molecule has 0 bridgehead atoms. The first kappa shape index (κ1) is 11.6. The van der Waals surface area contributed by atoms with Crippen LogP contribution in [0.2, 0.25) is 0 Å². The van der Waals surface area contributed by atoms with Crippen molar-refractivity contribution in [2.24, 2.45) is 5.92 Å². The van der Waals surface area contributed by atoms with Crippen LogP contribution >= 0.6 is 11.8 Å². The van der Waals surface area contributed by atoms with Gasteiger partial charge < -0.3 is 5.11 Å². The minimum atomic E-state index is -0.316. The smallest absolute Gasteiger partial charge is 0.0815 e. The fourth-order valence-electron chi connectivity index (χ4n) is 1.44. The molecule has 0 saturated carbocycles. The van der Waals surface area contributed by atoms with Gasteiger partial charge in [0.1, 0.15) is 0 Å². The van der Waals surface area contributed by atoms with Crippen LogP contribution in [0.5, 0.6) is 0 Å². The van der Waals surface area contributed by atoms with Gasteiger partial charge in [0.2, 0.25) is 0 Å². The summed E-state index contributed by atoms with van der Waals surface area (Å²) in [4.78, 5) is 0. The number of aliphatic hydroxyl groups is 1. The lowest BCUT2D eigenvalue weighted by Crippen LogP contribution is -2.09. The number of benzene rings is 1. The van der Waals surface area contributed by atoms with Gasteiger partial charge in [0.05, 0.1) is 6.10 Å². The Morgan fingerprint density at radius 2 is 1.93 bits per heavy atom. The molecule has 0 saturated heterocycles. The van der Waals surface area contributed by atoms with Crippen molar-refractivity contribution in [2.45, 2.75) is 19.4 Å². The molecule has 78 valence electrons. The SMILES string of the molecule is CSCCC(C)C(O)c1ccccc1. The van der Waals surface area contributed by atoms with Crippen LogP contribution in [0.1, 0.15) is 25.0 Å². The first-order chi connectivity index (χ1) is 6.75. The molecule has 1 nitrogen and oxygen atoms in total. The molecule has 1 rings (SSSR count). The maximum Gasteiger partial charge on any atom is 0.0815 e. The molecule has 0 aromatic heterocycles. The first-order valence-corrected chi connectivity index (χ1v) is 6.37. The monoisotopic (exact) mass is 210 g/mol. The summed E-state index contributed by atoms with van der Waals surface area (Å²) in [6.45, 7) is 2.11. The van der Waals surface area contributed by atoms with Crippen molar-refractivity contribution < 1.29 is 5.11 Å². The third-order valence-corrected chi connectivity index (χ3v) is 3.10. The summed E-state index contributed by atoms with van der Waals surface area (Å²) in [5.74, 6) is 1.45. The van der Waals surface area contributed by atoms with Crippen LogP contribution in [0.15, 0.2) is 30.3 Å². The fraction of sp³-hybridized carbons (Fsp3) is 0.500. The summed E-state index contributed by atoms with van der Waals surface area (Å²) in [5, 5.41) is 10.0. The van der Waals surface area contributed by atoms with Crippen LogP contribution in [0.3, 0.4) is 0 Å². The van der Waals surface area contributed by atoms with Gasteiger partial charge in [-0.2, -0.15) is 11.8 Å². The zero-order chi connectivity index (χ0) is 10.4. The van der Waals surface area contributed by atoms with E-state index >= 15 is 0 Å². The van der Waals surface area contributed by atoms with E-state index in [1.807, 2.05) is 42.1 Å². The number of hydrogen-bond donors (Lipinski definition) is 1. The van der Waals surface area contributed by atoms with E-state index in [1.165, 1.54) is 0 Å². The zero-order valence-electron chi connectivity index (χ0n) is 8.81. The predicted molar refractivity (Wildman–Crippen MR) is 63.6 cm³/mol. The second-order valence-electron chi connectivity index (χ2n) is 3.61. The second-order valence-corrected chi connectivity index (χ2v) is 4.60. The van der Waals surface area contributed by atoms with Gasteiger partial charge in [0.25, 0.3) is 0 Å². The number of rotatable bonds is 5. The molecule has 14 heavy (non-hydrogen) atoms. The van der Waals surface area contributed by atoms with Gasteiger partial charge in [0.15, 0.2) is 0 Å². The summed E-state index contributed by atoms with van der Waals surface area (Å²) in [6.07, 6.45) is 2.85. The van der Waals surface area contributed by atoms with Crippen molar-refractivity contribution in [2.75, 3.05) is 12.0 Å². The Hall–Kier alpha value is -0.470. The van der Waals surface area contributed by atoms with Gasteiger partial charge in [-0.05, 0) is 29.9 Å². The minimum Gasteiger partial charge on any atom is -0.388 e. The summed E-state index contributed by atoms with van der Waals surface area (Å²) < 4.78 is 0. The molecule has 1 aromatic rings. The summed E-state index contributed by atoms with van der Waals surface area (Å²) in [6, 6.07) is 9.89. The van der Waals surface area contributed by atoms with Crippen molar-refractivity contribution in [3.8, 4) is 0 Å². The molecule has 0 heterocycles. The number of hydrogen-bond acceptors (Lipinski definition) is 2. The van der Waals surface area contributed by atoms with Crippen LogP contribution in [0.4, 0.5) is 0 Å². The lowest BCUT2D eigenvalue weighted by Gasteiger charge is -2.18. The van der Waals surface area contributed by atoms with E-state index in [-0.39, 0.29) is 6.10 Å².